The van der Waals surface area contributed by atoms with Crippen LogP contribution in [0.5, 0.6) is 0 Å². The number of benzene rings is 1. The summed E-state index contributed by atoms with van der Waals surface area (Å²) in [6, 6.07) is 10.5. The smallest absolute Gasteiger partial charge is 0.316 e. The first-order valence-corrected chi connectivity index (χ1v) is 7.77. The molecule has 3 rings (SSSR count). The standard InChI is InChI=1S/C17H23NO3/c1-18-13-7-8-14(18)10-15(9-13)21-17(20)16(11-19)12-5-3-2-4-6-12/h2-6,13-16,19H,7-11H2,1H3/t13-,14+,15?,16-/m1/s1/i17+1. The van der Waals surface area contributed by atoms with Gasteiger partial charge in [0.15, 0.2) is 0 Å². The number of hydrogen-bond donors (Lipinski definition) is 1. The number of carbonyl (C=O) groups excluding carboxylic acids is 1. The summed E-state index contributed by atoms with van der Waals surface area (Å²) < 4.78 is 5.70. The van der Waals surface area contributed by atoms with E-state index in [4.69, 9.17) is 4.74 Å². The summed E-state index contributed by atoms with van der Waals surface area (Å²) in [5, 5.41) is 9.53. The lowest BCUT2D eigenvalue weighted by molar-refractivity contribution is -0.155. The van der Waals surface area contributed by atoms with Gasteiger partial charge in [-0.05, 0) is 38.3 Å². The van der Waals surface area contributed by atoms with E-state index in [1.165, 1.54) is 12.8 Å². The predicted octanol–water partition coefficient (Wildman–Crippen LogP) is 1.93. The molecule has 0 spiro atoms. The lowest BCUT2D eigenvalue weighted by Gasteiger charge is -2.36. The lowest BCUT2D eigenvalue weighted by atomic mass is 10.0. The summed E-state index contributed by atoms with van der Waals surface area (Å²) in [4.78, 5) is 14.8. The molecule has 0 saturated carbocycles. The Kier molecular flexibility index (Phi) is 4.27. The number of aliphatic hydroxyl groups is 1. The van der Waals surface area contributed by atoms with Gasteiger partial charge in [-0.2, -0.15) is 0 Å². The molecule has 1 N–H and O–H groups in total. The Balaban J connectivity index is 1.63. The van der Waals surface area contributed by atoms with Gasteiger partial charge in [0.25, 0.3) is 0 Å². The van der Waals surface area contributed by atoms with Gasteiger partial charge in [0, 0.05) is 12.1 Å². The number of rotatable bonds is 4. The largest absolute Gasteiger partial charge is 0.462 e. The van der Waals surface area contributed by atoms with Crippen molar-refractivity contribution in [2.75, 3.05) is 13.7 Å². The van der Waals surface area contributed by atoms with E-state index in [9.17, 15) is 9.90 Å². The summed E-state index contributed by atoms with van der Waals surface area (Å²) in [5.41, 5.74) is 0.820. The van der Waals surface area contributed by atoms with Gasteiger partial charge in [0.05, 0.1) is 6.61 Å². The van der Waals surface area contributed by atoms with Gasteiger partial charge in [-0.15, -0.1) is 0 Å². The van der Waals surface area contributed by atoms with E-state index in [0.29, 0.717) is 12.1 Å². The molecule has 2 heterocycles. The van der Waals surface area contributed by atoms with Crippen LogP contribution in [-0.4, -0.2) is 47.8 Å². The number of piperidine rings is 1. The Bertz CT molecular complexity index is 476. The number of nitrogens with zero attached hydrogens (tertiary/aromatic N) is 1. The van der Waals surface area contributed by atoms with Crippen molar-refractivity contribution in [1.29, 1.82) is 0 Å². The van der Waals surface area contributed by atoms with Gasteiger partial charge in [-0.1, -0.05) is 30.3 Å². The highest BCUT2D eigenvalue weighted by Crippen LogP contribution is 2.36. The van der Waals surface area contributed by atoms with Crippen molar-refractivity contribution in [2.24, 2.45) is 0 Å². The van der Waals surface area contributed by atoms with Gasteiger partial charge in [0.1, 0.15) is 12.0 Å². The Hall–Kier alpha value is -1.39. The lowest BCUT2D eigenvalue weighted by Crippen LogP contribution is -2.43. The van der Waals surface area contributed by atoms with Crippen molar-refractivity contribution >= 4 is 5.97 Å². The third-order valence-electron chi connectivity index (χ3n) is 5.01. The molecule has 0 aliphatic carbocycles. The molecule has 2 saturated heterocycles. The zero-order valence-corrected chi connectivity index (χ0v) is 12.4. The van der Waals surface area contributed by atoms with E-state index < -0.39 is 5.92 Å². The van der Waals surface area contributed by atoms with E-state index >= 15 is 0 Å². The van der Waals surface area contributed by atoms with E-state index in [2.05, 4.69) is 11.9 Å². The fraction of sp³-hybridized carbons (Fsp3) is 0.588. The normalized spacial score (nSPS) is 30.1. The summed E-state index contributed by atoms with van der Waals surface area (Å²) in [5.74, 6) is -0.860. The van der Waals surface area contributed by atoms with Crippen LogP contribution in [0.1, 0.15) is 37.2 Å². The molecule has 114 valence electrons. The monoisotopic (exact) mass is 290 g/mol. The Morgan fingerprint density at radius 1 is 1.29 bits per heavy atom. The number of carbonyl (C=O) groups is 1. The molecule has 2 bridgehead atoms. The summed E-state index contributed by atoms with van der Waals surface area (Å²) in [7, 11) is 2.17. The van der Waals surface area contributed by atoms with Crippen LogP contribution in [0, 0.1) is 0 Å². The van der Waals surface area contributed by atoms with Crippen LogP contribution in [0.25, 0.3) is 0 Å². The molecule has 0 amide bonds. The summed E-state index contributed by atoms with van der Waals surface area (Å²) >= 11 is 0. The maximum atomic E-state index is 12.4. The van der Waals surface area contributed by atoms with Gasteiger partial charge in [0.2, 0.25) is 0 Å². The Morgan fingerprint density at radius 3 is 2.48 bits per heavy atom. The van der Waals surface area contributed by atoms with Crippen molar-refractivity contribution in [2.45, 2.75) is 49.8 Å². The van der Waals surface area contributed by atoms with Gasteiger partial charge >= 0.3 is 5.97 Å². The van der Waals surface area contributed by atoms with Crippen LogP contribution < -0.4 is 0 Å². The highest BCUT2D eigenvalue weighted by molar-refractivity contribution is 5.78. The van der Waals surface area contributed by atoms with Crippen LogP contribution in [0.15, 0.2) is 30.3 Å². The van der Waals surface area contributed by atoms with Gasteiger partial charge in [-0.3, -0.25) is 4.79 Å². The number of esters is 1. The average Bonchev–Trinajstić information content (AvgIpc) is 2.72. The Labute approximate surface area is 125 Å². The molecule has 4 heteroatoms. The molecular formula is C17H23NO3. The summed E-state index contributed by atoms with van der Waals surface area (Å²) in [6.07, 6.45) is 4.26. The van der Waals surface area contributed by atoms with Crippen LogP contribution >= 0.6 is 0 Å². The molecule has 1 aromatic carbocycles. The molecule has 4 nitrogen and oxygen atoms in total. The fourth-order valence-electron chi connectivity index (χ4n) is 3.71. The molecule has 21 heavy (non-hydrogen) atoms. The molecule has 4 atom stereocenters. The summed E-state index contributed by atoms with van der Waals surface area (Å²) in [6.45, 7) is -0.206. The highest BCUT2D eigenvalue weighted by Gasteiger charge is 2.40. The second-order valence-electron chi connectivity index (χ2n) is 6.23. The van der Waals surface area contributed by atoms with Crippen molar-refractivity contribution < 1.29 is 14.6 Å². The third-order valence-corrected chi connectivity index (χ3v) is 5.01. The molecule has 1 unspecified atom stereocenters. The van der Waals surface area contributed by atoms with Crippen LogP contribution in [-0.2, 0) is 9.53 Å². The fourth-order valence-corrected chi connectivity index (χ4v) is 3.71. The average molecular weight is 290 g/mol. The first-order chi connectivity index (χ1) is 10.2. The minimum Gasteiger partial charge on any atom is -0.462 e. The minimum atomic E-state index is -0.566. The first-order valence-electron chi connectivity index (χ1n) is 7.77. The SMILES string of the molecule is CN1[C@@H]2CC[C@H]1CC(O[13C](=O)[C@H](CO)c1ccccc1)C2. The molecular weight excluding hydrogens is 267 g/mol. The zero-order valence-electron chi connectivity index (χ0n) is 12.4. The van der Waals surface area contributed by atoms with E-state index in [1.807, 2.05) is 30.3 Å². The highest BCUT2D eigenvalue weighted by atomic mass is 16.6. The second kappa shape index (κ2) is 6.16. The van der Waals surface area contributed by atoms with Crippen LogP contribution in [0.3, 0.4) is 0 Å². The number of ether oxygens (including phenoxy) is 1. The van der Waals surface area contributed by atoms with Crippen LogP contribution in [0.4, 0.5) is 0 Å². The minimum absolute atomic E-state index is 0.00367. The Morgan fingerprint density at radius 2 is 1.90 bits per heavy atom. The van der Waals surface area contributed by atoms with Crippen LogP contribution in [0.2, 0.25) is 0 Å². The second-order valence-corrected chi connectivity index (χ2v) is 6.23. The number of aliphatic hydroxyl groups excluding tert-OH is 1. The zero-order chi connectivity index (χ0) is 14.8. The van der Waals surface area contributed by atoms with E-state index in [1.54, 1.807) is 0 Å². The van der Waals surface area contributed by atoms with Gasteiger partial charge < -0.3 is 14.7 Å². The van der Waals surface area contributed by atoms with Crippen molar-refractivity contribution in [1.82, 2.24) is 4.90 Å². The quantitative estimate of drug-likeness (QED) is 0.680. The maximum Gasteiger partial charge on any atom is 0.316 e. The molecule has 0 radical (unpaired) electrons. The molecule has 2 aliphatic rings. The predicted molar refractivity (Wildman–Crippen MR) is 80.0 cm³/mol. The van der Waals surface area contributed by atoms with Crippen molar-refractivity contribution in [3.8, 4) is 0 Å². The molecule has 1 aromatic rings. The van der Waals surface area contributed by atoms with E-state index in [0.717, 1.165) is 18.4 Å². The topological polar surface area (TPSA) is 49.8 Å². The molecule has 2 aliphatic heterocycles. The van der Waals surface area contributed by atoms with E-state index in [-0.39, 0.29) is 18.7 Å². The third kappa shape index (κ3) is 2.97. The first kappa shape index (κ1) is 14.5. The van der Waals surface area contributed by atoms with Crippen molar-refractivity contribution in [3.63, 3.8) is 0 Å². The maximum absolute atomic E-state index is 12.4. The molecule has 0 aromatic heterocycles. The number of hydrogen-bond acceptors (Lipinski definition) is 4. The molecule has 2 fully saturated rings. The van der Waals surface area contributed by atoms with Gasteiger partial charge in [-0.25, -0.2) is 0 Å². The van der Waals surface area contributed by atoms with Crippen molar-refractivity contribution in [3.05, 3.63) is 35.9 Å². The number of fused-ring (bicyclic) bond motifs is 2.